The van der Waals surface area contributed by atoms with E-state index in [2.05, 4.69) is 5.32 Å². The van der Waals surface area contributed by atoms with Crippen LogP contribution in [-0.4, -0.2) is 24.9 Å². The number of hydrogen-bond acceptors (Lipinski definition) is 2. The van der Waals surface area contributed by atoms with Crippen LogP contribution in [0.3, 0.4) is 0 Å². The van der Waals surface area contributed by atoms with Gasteiger partial charge in [0.1, 0.15) is 0 Å². The molecule has 1 rings (SSSR count). The molecule has 0 radical (unpaired) electrons. The maximum atomic E-state index is 13.1. The van der Waals surface area contributed by atoms with E-state index in [1.54, 1.807) is 0 Å². The summed E-state index contributed by atoms with van der Waals surface area (Å²) in [6.45, 7) is 2.35. The molecule has 0 spiro atoms. The summed E-state index contributed by atoms with van der Waals surface area (Å²) < 4.78 is 17.9. The molecule has 0 bridgehead atoms. The monoisotopic (exact) mass is 259 g/mol. The van der Waals surface area contributed by atoms with Crippen LogP contribution in [-0.2, 0) is 0 Å². The van der Waals surface area contributed by atoms with Crippen molar-refractivity contribution in [1.82, 2.24) is 5.32 Å². The van der Waals surface area contributed by atoms with Crippen molar-refractivity contribution < 1.29 is 13.9 Å². The van der Waals surface area contributed by atoms with Gasteiger partial charge in [0.15, 0.2) is 11.6 Å². The topological polar surface area (TPSA) is 38.3 Å². The zero-order valence-electron chi connectivity index (χ0n) is 9.80. The van der Waals surface area contributed by atoms with E-state index in [1.165, 1.54) is 25.3 Å². The van der Waals surface area contributed by atoms with Gasteiger partial charge < -0.3 is 10.1 Å². The number of methoxy groups -OCH3 is 1. The summed E-state index contributed by atoms with van der Waals surface area (Å²) in [5.74, 6) is -0.692. The second-order valence-corrected chi connectivity index (χ2v) is 4.42. The average Bonchev–Trinajstić information content (AvgIpc) is 2.29. The molecule has 0 saturated carbocycles. The Bertz CT molecular complexity index is 396. The van der Waals surface area contributed by atoms with Crippen LogP contribution in [0.15, 0.2) is 18.2 Å². The molecule has 3 nitrogen and oxygen atoms in total. The predicted molar refractivity (Wildman–Crippen MR) is 65.2 cm³/mol. The number of amides is 1. The molecule has 1 atom stereocenters. The second-order valence-electron chi connectivity index (χ2n) is 3.67. The molecule has 1 aromatic rings. The second kappa shape index (κ2) is 6.45. The van der Waals surface area contributed by atoms with E-state index in [1.807, 2.05) is 6.92 Å². The SMILES string of the molecule is COc1cc(C(=O)NCCC(C)Cl)ccc1F. The predicted octanol–water partition coefficient (Wildman–Crippen LogP) is 2.58. The summed E-state index contributed by atoms with van der Waals surface area (Å²) in [5.41, 5.74) is 0.366. The molecular formula is C12H15ClFNO2. The minimum Gasteiger partial charge on any atom is -0.494 e. The molecule has 0 heterocycles. The largest absolute Gasteiger partial charge is 0.494 e. The highest BCUT2D eigenvalue weighted by atomic mass is 35.5. The van der Waals surface area contributed by atoms with Gasteiger partial charge in [-0.15, -0.1) is 11.6 Å². The first kappa shape index (κ1) is 13.8. The lowest BCUT2D eigenvalue weighted by atomic mass is 10.2. The Labute approximate surface area is 105 Å². The van der Waals surface area contributed by atoms with Crippen LogP contribution in [0.1, 0.15) is 23.7 Å². The van der Waals surface area contributed by atoms with E-state index >= 15 is 0 Å². The molecule has 0 saturated heterocycles. The molecule has 0 aliphatic heterocycles. The van der Waals surface area contributed by atoms with E-state index in [4.69, 9.17) is 16.3 Å². The highest BCUT2D eigenvalue weighted by molar-refractivity contribution is 6.20. The summed E-state index contributed by atoms with van der Waals surface area (Å²) in [7, 11) is 1.36. The molecule has 1 aromatic carbocycles. The summed E-state index contributed by atoms with van der Waals surface area (Å²) in [5, 5.41) is 2.71. The number of halogens is 2. The Morgan fingerprint density at radius 1 is 1.59 bits per heavy atom. The number of benzene rings is 1. The van der Waals surface area contributed by atoms with E-state index in [9.17, 15) is 9.18 Å². The third-order valence-electron chi connectivity index (χ3n) is 2.24. The lowest BCUT2D eigenvalue weighted by Crippen LogP contribution is -2.25. The number of carbonyl (C=O) groups is 1. The van der Waals surface area contributed by atoms with Crippen molar-refractivity contribution in [2.75, 3.05) is 13.7 Å². The zero-order chi connectivity index (χ0) is 12.8. The van der Waals surface area contributed by atoms with Crippen molar-refractivity contribution in [2.45, 2.75) is 18.7 Å². The number of hydrogen-bond donors (Lipinski definition) is 1. The third kappa shape index (κ3) is 4.23. The minimum atomic E-state index is -0.488. The highest BCUT2D eigenvalue weighted by Gasteiger charge is 2.09. The van der Waals surface area contributed by atoms with Gasteiger partial charge in [-0.2, -0.15) is 0 Å². The first-order chi connectivity index (χ1) is 8.04. The van der Waals surface area contributed by atoms with Crippen LogP contribution >= 0.6 is 11.6 Å². The van der Waals surface area contributed by atoms with Gasteiger partial charge in [-0.1, -0.05) is 0 Å². The van der Waals surface area contributed by atoms with Crippen molar-refractivity contribution in [3.05, 3.63) is 29.6 Å². The van der Waals surface area contributed by atoms with Crippen LogP contribution in [0.4, 0.5) is 4.39 Å². The fourth-order valence-corrected chi connectivity index (χ4v) is 1.40. The maximum Gasteiger partial charge on any atom is 0.251 e. The molecule has 1 amide bonds. The van der Waals surface area contributed by atoms with Crippen LogP contribution in [0.2, 0.25) is 0 Å². The lowest BCUT2D eigenvalue weighted by molar-refractivity contribution is 0.0953. The fraction of sp³-hybridized carbons (Fsp3) is 0.417. The number of alkyl halides is 1. The molecular weight excluding hydrogens is 245 g/mol. The van der Waals surface area contributed by atoms with Crippen molar-refractivity contribution in [3.63, 3.8) is 0 Å². The van der Waals surface area contributed by atoms with Crippen LogP contribution in [0.25, 0.3) is 0 Å². The molecule has 1 N–H and O–H groups in total. The average molecular weight is 260 g/mol. The van der Waals surface area contributed by atoms with Gasteiger partial charge in [0, 0.05) is 17.5 Å². The fourth-order valence-electron chi connectivity index (χ4n) is 1.29. The van der Waals surface area contributed by atoms with E-state index < -0.39 is 5.82 Å². The Morgan fingerprint density at radius 3 is 2.88 bits per heavy atom. The highest BCUT2D eigenvalue weighted by Crippen LogP contribution is 2.18. The van der Waals surface area contributed by atoms with E-state index in [-0.39, 0.29) is 17.0 Å². The van der Waals surface area contributed by atoms with Gasteiger partial charge in [-0.25, -0.2) is 4.39 Å². The summed E-state index contributed by atoms with van der Waals surface area (Å²) in [6.07, 6.45) is 0.686. The Morgan fingerprint density at radius 2 is 2.29 bits per heavy atom. The normalized spacial score (nSPS) is 12.0. The van der Waals surface area contributed by atoms with Gasteiger partial charge in [0.25, 0.3) is 5.91 Å². The number of ether oxygens (including phenoxy) is 1. The maximum absolute atomic E-state index is 13.1. The molecule has 5 heteroatoms. The quantitative estimate of drug-likeness (QED) is 0.826. The van der Waals surface area contributed by atoms with Crippen LogP contribution in [0, 0.1) is 5.82 Å². The van der Waals surface area contributed by atoms with E-state index in [0.717, 1.165) is 0 Å². The molecule has 0 aliphatic carbocycles. The Balaban J connectivity index is 2.63. The Kier molecular flexibility index (Phi) is 5.22. The van der Waals surface area contributed by atoms with E-state index in [0.29, 0.717) is 18.5 Å². The summed E-state index contributed by atoms with van der Waals surface area (Å²) >= 11 is 5.75. The molecule has 0 fully saturated rings. The molecule has 0 aromatic heterocycles. The van der Waals surface area contributed by atoms with Crippen molar-refractivity contribution in [1.29, 1.82) is 0 Å². The number of nitrogens with one attached hydrogen (secondary N) is 1. The van der Waals surface area contributed by atoms with Crippen LogP contribution in [0.5, 0.6) is 5.75 Å². The van der Waals surface area contributed by atoms with Gasteiger partial charge >= 0.3 is 0 Å². The Hall–Kier alpha value is -1.29. The van der Waals surface area contributed by atoms with Crippen LogP contribution < -0.4 is 10.1 Å². The lowest BCUT2D eigenvalue weighted by Gasteiger charge is -2.08. The molecule has 94 valence electrons. The summed E-state index contributed by atoms with van der Waals surface area (Å²) in [6, 6.07) is 3.99. The van der Waals surface area contributed by atoms with Crippen molar-refractivity contribution in [3.8, 4) is 5.75 Å². The molecule has 17 heavy (non-hydrogen) atoms. The number of rotatable bonds is 5. The first-order valence-corrected chi connectivity index (χ1v) is 5.74. The van der Waals surface area contributed by atoms with Gasteiger partial charge in [0.2, 0.25) is 0 Å². The minimum absolute atomic E-state index is 0.0121. The standard InChI is InChI=1S/C12H15ClFNO2/c1-8(13)5-6-15-12(16)9-3-4-10(14)11(7-9)17-2/h3-4,7-8H,5-6H2,1-2H3,(H,15,16). The summed E-state index contributed by atoms with van der Waals surface area (Å²) in [4.78, 5) is 11.7. The van der Waals surface area contributed by atoms with Gasteiger partial charge in [-0.05, 0) is 31.5 Å². The first-order valence-electron chi connectivity index (χ1n) is 5.30. The van der Waals surface area contributed by atoms with Crippen molar-refractivity contribution >= 4 is 17.5 Å². The number of carbonyl (C=O) groups excluding carboxylic acids is 1. The van der Waals surface area contributed by atoms with Gasteiger partial charge in [-0.3, -0.25) is 4.79 Å². The molecule has 0 aliphatic rings. The van der Waals surface area contributed by atoms with Gasteiger partial charge in [0.05, 0.1) is 7.11 Å². The molecule has 1 unspecified atom stereocenters. The van der Waals surface area contributed by atoms with Crippen molar-refractivity contribution in [2.24, 2.45) is 0 Å². The smallest absolute Gasteiger partial charge is 0.251 e. The third-order valence-corrected chi connectivity index (χ3v) is 2.46. The zero-order valence-corrected chi connectivity index (χ0v) is 10.6.